The molecule has 1 unspecified atom stereocenters. The van der Waals surface area contributed by atoms with Gasteiger partial charge >= 0.3 is 0 Å². The van der Waals surface area contributed by atoms with Gasteiger partial charge in [-0.2, -0.15) is 0 Å². The van der Waals surface area contributed by atoms with E-state index in [2.05, 4.69) is 67.7 Å². The van der Waals surface area contributed by atoms with Crippen molar-refractivity contribution < 1.29 is 5.11 Å². The Balaban J connectivity index is 2.24. The Morgan fingerprint density at radius 2 is 1.33 bits per heavy atom. The quantitative estimate of drug-likeness (QED) is 0.810. The molecule has 2 nitrogen and oxygen atoms in total. The Morgan fingerprint density at radius 3 is 1.71 bits per heavy atom. The molecule has 2 heteroatoms. The van der Waals surface area contributed by atoms with Gasteiger partial charge < -0.3 is 10.4 Å². The molecule has 0 aromatic heterocycles. The summed E-state index contributed by atoms with van der Waals surface area (Å²) in [6.07, 6.45) is 0.965. The van der Waals surface area contributed by atoms with E-state index in [1.54, 1.807) is 0 Å². The van der Waals surface area contributed by atoms with Crippen LogP contribution in [0.3, 0.4) is 0 Å². The number of rotatable bonds is 7. The summed E-state index contributed by atoms with van der Waals surface area (Å²) in [4.78, 5) is 0. The fourth-order valence-corrected chi connectivity index (χ4v) is 2.68. The first-order chi connectivity index (χ1) is 10.2. The van der Waals surface area contributed by atoms with Gasteiger partial charge in [0.2, 0.25) is 0 Å². The average molecular weight is 283 g/mol. The summed E-state index contributed by atoms with van der Waals surface area (Å²) in [5.74, 6) is 0.557. The SMILES string of the molecule is CC(C)CC(CO)NC(c1ccccc1)c1ccccc1. The monoisotopic (exact) mass is 283 g/mol. The minimum absolute atomic E-state index is 0.107. The van der Waals surface area contributed by atoms with Crippen LogP contribution in [0.1, 0.15) is 37.4 Å². The molecular weight excluding hydrogens is 258 g/mol. The number of nitrogens with one attached hydrogen (secondary N) is 1. The molecule has 2 aromatic carbocycles. The lowest BCUT2D eigenvalue weighted by molar-refractivity contribution is 0.218. The van der Waals surface area contributed by atoms with E-state index in [4.69, 9.17) is 0 Å². The molecule has 0 bridgehead atoms. The summed E-state index contributed by atoms with van der Waals surface area (Å²) < 4.78 is 0. The lowest BCUT2D eigenvalue weighted by Gasteiger charge is -2.26. The van der Waals surface area contributed by atoms with Gasteiger partial charge in [0.15, 0.2) is 0 Å². The fraction of sp³-hybridized carbons (Fsp3) is 0.368. The van der Waals surface area contributed by atoms with E-state index in [0.717, 1.165) is 6.42 Å². The molecule has 1 atom stereocenters. The molecular formula is C19H25NO. The summed E-state index contributed by atoms with van der Waals surface area (Å²) in [7, 11) is 0. The highest BCUT2D eigenvalue weighted by Crippen LogP contribution is 2.23. The van der Waals surface area contributed by atoms with E-state index < -0.39 is 0 Å². The molecule has 2 N–H and O–H groups in total. The number of aliphatic hydroxyl groups is 1. The Labute approximate surface area is 127 Å². The molecule has 2 aromatic rings. The van der Waals surface area contributed by atoms with E-state index in [-0.39, 0.29) is 18.7 Å². The zero-order chi connectivity index (χ0) is 15.1. The third-order valence-electron chi connectivity index (χ3n) is 3.64. The molecule has 21 heavy (non-hydrogen) atoms. The van der Waals surface area contributed by atoms with Crippen molar-refractivity contribution in [1.29, 1.82) is 0 Å². The van der Waals surface area contributed by atoms with Crippen molar-refractivity contribution in [3.8, 4) is 0 Å². The summed E-state index contributed by atoms with van der Waals surface area (Å²) in [5.41, 5.74) is 2.46. The average Bonchev–Trinajstić information content (AvgIpc) is 2.52. The third kappa shape index (κ3) is 4.69. The van der Waals surface area contributed by atoms with E-state index in [9.17, 15) is 5.11 Å². The van der Waals surface area contributed by atoms with Crippen molar-refractivity contribution >= 4 is 0 Å². The topological polar surface area (TPSA) is 32.3 Å². The van der Waals surface area contributed by atoms with E-state index in [1.165, 1.54) is 11.1 Å². The largest absolute Gasteiger partial charge is 0.395 e. The zero-order valence-corrected chi connectivity index (χ0v) is 12.9. The standard InChI is InChI=1S/C19H25NO/c1-15(2)13-18(14-21)20-19(16-9-5-3-6-10-16)17-11-7-4-8-12-17/h3-12,15,18-21H,13-14H2,1-2H3. The van der Waals surface area contributed by atoms with Crippen LogP contribution in [0.2, 0.25) is 0 Å². The highest BCUT2D eigenvalue weighted by atomic mass is 16.3. The van der Waals surface area contributed by atoms with Crippen molar-refractivity contribution in [3.05, 3.63) is 71.8 Å². The maximum Gasteiger partial charge on any atom is 0.0585 e. The van der Waals surface area contributed by atoms with Gasteiger partial charge in [0, 0.05) is 6.04 Å². The fourth-order valence-electron chi connectivity index (χ4n) is 2.68. The smallest absolute Gasteiger partial charge is 0.0585 e. The third-order valence-corrected chi connectivity index (χ3v) is 3.64. The van der Waals surface area contributed by atoms with Gasteiger partial charge in [-0.1, -0.05) is 74.5 Å². The van der Waals surface area contributed by atoms with Crippen molar-refractivity contribution in [1.82, 2.24) is 5.32 Å². The maximum absolute atomic E-state index is 9.66. The van der Waals surface area contributed by atoms with Gasteiger partial charge in [0.25, 0.3) is 0 Å². The van der Waals surface area contributed by atoms with Crippen LogP contribution in [0.25, 0.3) is 0 Å². The molecule has 0 aliphatic carbocycles. The molecule has 112 valence electrons. The van der Waals surface area contributed by atoms with E-state index >= 15 is 0 Å². The first-order valence-corrected chi connectivity index (χ1v) is 7.67. The lowest BCUT2D eigenvalue weighted by Crippen LogP contribution is -2.37. The van der Waals surface area contributed by atoms with Crippen LogP contribution >= 0.6 is 0 Å². The summed E-state index contributed by atoms with van der Waals surface area (Å²) >= 11 is 0. The first kappa shape index (κ1) is 15.7. The predicted octanol–water partition coefficient (Wildman–Crippen LogP) is 3.77. The number of hydrogen-bond donors (Lipinski definition) is 2. The van der Waals surface area contributed by atoms with Crippen molar-refractivity contribution in [2.45, 2.75) is 32.4 Å². The van der Waals surface area contributed by atoms with Crippen LogP contribution in [0.5, 0.6) is 0 Å². The molecule has 0 spiro atoms. The maximum atomic E-state index is 9.66. The molecule has 0 aliphatic rings. The zero-order valence-electron chi connectivity index (χ0n) is 12.9. The number of hydrogen-bond acceptors (Lipinski definition) is 2. The minimum atomic E-state index is 0.107. The Hall–Kier alpha value is -1.64. The van der Waals surface area contributed by atoms with Gasteiger partial charge in [-0.3, -0.25) is 0 Å². The number of benzene rings is 2. The van der Waals surface area contributed by atoms with Crippen LogP contribution < -0.4 is 5.32 Å². The predicted molar refractivity (Wildman–Crippen MR) is 88.2 cm³/mol. The van der Waals surface area contributed by atoms with Crippen molar-refractivity contribution in [2.24, 2.45) is 5.92 Å². The van der Waals surface area contributed by atoms with Gasteiger partial charge in [0.05, 0.1) is 12.6 Å². The van der Waals surface area contributed by atoms with E-state index in [1.807, 2.05) is 12.1 Å². The van der Waals surface area contributed by atoms with Crippen LogP contribution in [0, 0.1) is 5.92 Å². The summed E-state index contributed by atoms with van der Waals surface area (Å²) in [6, 6.07) is 21.1. The Morgan fingerprint density at radius 1 is 0.857 bits per heavy atom. The van der Waals surface area contributed by atoms with Gasteiger partial charge in [0.1, 0.15) is 0 Å². The molecule has 0 radical (unpaired) electrons. The van der Waals surface area contributed by atoms with Gasteiger partial charge in [-0.25, -0.2) is 0 Å². The van der Waals surface area contributed by atoms with Gasteiger partial charge in [-0.15, -0.1) is 0 Å². The second-order valence-corrected chi connectivity index (χ2v) is 5.93. The van der Waals surface area contributed by atoms with Crippen molar-refractivity contribution in [2.75, 3.05) is 6.61 Å². The molecule has 0 saturated heterocycles. The first-order valence-electron chi connectivity index (χ1n) is 7.67. The van der Waals surface area contributed by atoms with Gasteiger partial charge in [-0.05, 0) is 23.5 Å². The highest BCUT2D eigenvalue weighted by Gasteiger charge is 2.18. The normalized spacial score (nSPS) is 12.8. The highest BCUT2D eigenvalue weighted by molar-refractivity contribution is 5.31. The van der Waals surface area contributed by atoms with Crippen LogP contribution in [-0.2, 0) is 0 Å². The minimum Gasteiger partial charge on any atom is -0.395 e. The lowest BCUT2D eigenvalue weighted by atomic mass is 9.96. The molecule has 0 amide bonds. The molecule has 2 rings (SSSR count). The Bertz CT molecular complexity index is 470. The van der Waals surface area contributed by atoms with Crippen molar-refractivity contribution in [3.63, 3.8) is 0 Å². The van der Waals surface area contributed by atoms with E-state index in [0.29, 0.717) is 5.92 Å². The van der Waals surface area contributed by atoms with Crippen LogP contribution in [0.15, 0.2) is 60.7 Å². The number of aliphatic hydroxyl groups excluding tert-OH is 1. The van der Waals surface area contributed by atoms with Crippen LogP contribution in [-0.4, -0.2) is 17.8 Å². The molecule has 0 aliphatic heterocycles. The van der Waals surface area contributed by atoms with Crippen LogP contribution in [0.4, 0.5) is 0 Å². The molecule has 0 heterocycles. The Kier molecular flexibility index (Phi) is 5.97. The molecule has 0 saturated carbocycles. The summed E-state index contributed by atoms with van der Waals surface area (Å²) in [5, 5.41) is 13.3. The second kappa shape index (κ2) is 7.96. The second-order valence-electron chi connectivity index (χ2n) is 5.93. The summed E-state index contributed by atoms with van der Waals surface area (Å²) in [6.45, 7) is 4.53. The molecule has 0 fully saturated rings.